The second kappa shape index (κ2) is 8.27. The monoisotopic (exact) mass is 433 g/mol. The van der Waals surface area contributed by atoms with Crippen molar-refractivity contribution in [3.05, 3.63) is 70.2 Å². The molecule has 1 N–H and O–H groups in total. The van der Waals surface area contributed by atoms with Gasteiger partial charge < -0.3 is 10.2 Å². The third kappa shape index (κ3) is 4.68. The molecule has 156 valence electrons. The molecule has 1 aromatic heterocycles. The summed E-state index contributed by atoms with van der Waals surface area (Å²) in [4.78, 5) is 30.7. The van der Waals surface area contributed by atoms with Crippen LogP contribution in [0.4, 0.5) is 18.9 Å². The Hall–Kier alpha value is -3.20. The molecule has 2 aromatic carbocycles. The number of halogens is 3. The van der Waals surface area contributed by atoms with Gasteiger partial charge in [0, 0.05) is 30.9 Å². The van der Waals surface area contributed by atoms with E-state index in [1.54, 1.807) is 45.3 Å². The summed E-state index contributed by atoms with van der Waals surface area (Å²) in [6.07, 6.45) is -4.41. The number of aromatic nitrogens is 1. The van der Waals surface area contributed by atoms with Crippen molar-refractivity contribution in [1.29, 1.82) is 0 Å². The van der Waals surface area contributed by atoms with E-state index in [0.717, 1.165) is 23.5 Å². The van der Waals surface area contributed by atoms with Gasteiger partial charge in [-0.2, -0.15) is 13.2 Å². The summed E-state index contributed by atoms with van der Waals surface area (Å²) < 4.78 is 38.2. The van der Waals surface area contributed by atoms with Gasteiger partial charge in [-0.05, 0) is 43.3 Å². The molecule has 30 heavy (non-hydrogen) atoms. The third-order valence-electron chi connectivity index (χ3n) is 4.26. The number of carbonyl (C=O) groups excluding carboxylic acids is 2. The highest BCUT2D eigenvalue weighted by molar-refractivity contribution is 7.17. The number of nitrogens with zero attached hydrogens (tertiary/aromatic N) is 2. The average molecular weight is 433 g/mol. The van der Waals surface area contributed by atoms with E-state index in [1.807, 2.05) is 0 Å². The molecule has 9 heteroatoms. The highest BCUT2D eigenvalue weighted by Gasteiger charge is 2.30. The number of hydrogen-bond acceptors (Lipinski definition) is 4. The fourth-order valence-electron chi connectivity index (χ4n) is 2.67. The summed E-state index contributed by atoms with van der Waals surface area (Å²) in [6, 6.07) is 11.1. The van der Waals surface area contributed by atoms with Crippen molar-refractivity contribution in [3.8, 4) is 10.6 Å². The normalized spacial score (nSPS) is 11.3. The van der Waals surface area contributed by atoms with Crippen LogP contribution in [-0.4, -0.2) is 35.8 Å². The van der Waals surface area contributed by atoms with Crippen LogP contribution in [0.15, 0.2) is 48.5 Å². The Morgan fingerprint density at radius 1 is 1.00 bits per heavy atom. The Balaban J connectivity index is 1.76. The van der Waals surface area contributed by atoms with Crippen molar-refractivity contribution >= 4 is 28.8 Å². The number of amides is 2. The Labute approximate surface area is 175 Å². The fourth-order valence-corrected chi connectivity index (χ4v) is 3.64. The zero-order chi connectivity index (χ0) is 22.1. The van der Waals surface area contributed by atoms with Gasteiger partial charge in [-0.15, -0.1) is 11.3 Å². The lowest BCUT2D eigenvalue weighted by molar-refractivity contribution is -0.137. The van der Waals surface area contributed by atoms with Gasteiger partial charge >= 0.3 is 6.18 Å². The molecular formula is C21H18F3N3O2S. The second-order valence-corrected chi connectivity index (χ2v) is 7.74. The lowest BCUT2D eigenvalue weighted by Crippen LogP contribution is -2.21. The zero-order valence-corrected chi connectivity index (χ0v) is 17.2. The molecular weight excluding hydrogens is 415 g/mol. The maximum absolute atomic E-state index is 12.7. The molecule has 0 aliphatic carbocycles. The van der Waals surface area contributed by atoms with E-state index in [-0.39, 0.29) is 11.8 Å². The van der Waals surface area contributed by atoms with Gasteiger partial charge in [0.2, 0.25) is 0 Å². The summed E-state index contributed by atoms with van der Waals surface area (Å²) in [7, 11) is 3.30. The minimum atomic E-state index is -4.41. The number of aryl methyl sites for hydroxylation is 1. The van der Waals surface area contributed by atoms with Crippen LogP contribution in [0.25, 0.3) is 10.6 Å². The fraction of sp³-hybridized carbons (Fsp3) is 0.190. The van der Waals surface area contributed by atoms with Gasteiger partial charge in [-0.1, -0.05) is 12.1 Å². The van der Waals surface area contributed by atoms with Gasteiger partial charge in [0.05, 0.1) is 11.3 Å². The number of carbonyl (C=O) groups is 2. The second-order valence-electron chi connectivity index (χ2n) is 6.74. The molecule has 0 radical (unpaired) electrons. The van der Waals surface area contributed by atoms with E-state index < -0.39 is 11.7 Å². The number of alkyl halides is 3. The first-order valence-corrected chi connectivity index (χ1v) is 9.66. The molecule has 5 nitrogen and oxygen atoms in total. The van der Waals surface area contributed by atoms with Gasteiger partial charge in [0.25, 0.3) is 11.8 Å². The first-order chi connectivity index (χ1) is 14.1. The Bertz CT molecular complexity index is 1070. The zero-order valence-electron chi connectivity index (χ0n) is 16.4. The average Bonchev–Trinajstić information content (AvgIpc) is 3.09. The van der Waals surface area contributed by atoms with E-state index in [0.29, 0.717) is 32.4 Å². The molecule has 0 unspecified atom stereocenters. The minimum Gasteiger partial charge on any atom is -0.345 e. The quantitative estimate of drug-likeness (QED) is 0.623. The molecule has 3 aromatic rings. The first-order valence-electron chi connectivity index (χ1n) is 8.84. The number of anilines is 1. The molecule has 2 amide bonds. The minimum absolute atomic E-state index is 0.146. The van der Waals surface area contributed by atoms with Crippen LogP contribution >= 0.6 is 11.3 Å². The van der Waals surface area contributed by atoms with Crippen LogP contribution in [0, 0.1) is 6.92 Å². The smallest absolute Gasteiger partial charge is 0.345 e. The van der Waals surface area contributed by atoms with Crippen LogP contribution in [0.3, 0.4) is 0 Å². The molecule has 1 heterocycles. The van der Waals surface area contributed by atoms with Crippen molar-refractivity contribution in [2.45, 2.75) is 13.1 Å². The summed E-state index contributed by atoms with van der Waals surface area (Å²) in [5, 5.41) is 3.20. The number of thiazole rings is 1. The van der Waals surface area contributed by atoms with Gasteiger partial charge in [0.1, 0.15) is 9.88 Å². The molecule has 0 saturated carbocycles. The van der Waals surface area contributed by atoms with Crippen LogP contribution in [0.2, 0.25) is 0 Å². The maximum atomic E-state index is 12.7. The Kier molecular flexibility index (Phi) is 5.93. The van der Waals surface area contributed by atoms with E-state index in [9.17, 15) is 22.8 Å². The van der Waals surface area contributed by atoms with Crippen LogP contribution < -0.4 is 5.32 Å². The molecule has 0 atom stereocenters. The molecule has 0 spiro atoms. The van der Waals surface area contributed by atoms with Crippen LogP contribution in [0.1, 0.15) is 31.3 Å². The van der Waals surface area contributed by atoms with Crippen LogP contribution in [-0.2, 0) is 6.18 Å². The number of hydrogen-bond donors (Lipinski definition) is 1. The molecule has 0 aliphatic heterocycles. The first kappa shape index (κ1) is 21.5. The van der Waals surface area contributed by atoms with Gasteiger partial charge in [-0.3, -0.25) is 9.59 Å². The van der Waals surface area contributed by atoms with Crippen molar-refractivity contribution in [1.82, 2.24) is 9.88 Å². The Morgan fingerprint density at radius 3 is 2.13 bits per heavy atom. The number of benzene rings is 2. The third-order valence-corrected chi connectivity index (χ3v) is 5.46. The number of rotatable bonds is 4. The topological polar surface area (TPSA) is 62.3 Å². The lowest BCUT2D eigenvalue weighted by atomic mass is 10.1. The number of nitrogens with one attached hydrogen (secondary N) is 1. The molecule has 0 saturated heterocycles. The highest BCUT2D eigenvalue weighted by Crippen LogP contribution is 2.33. The molecule has 0 bridgehead atoms. The predicted molar refractivity (Wildman–Crippen MR) is 110 cm³/mol. The molecule has 0 fully saturated rings. The summed E-state index contributed by atoms with van der Waals surface area (Å²) in [5.41, 5.74) is 1.25. The summed E-state index contributed by atoms with van der Waals surface area (Å²) in [6.45, 7) is 1.66. The standard InChI is InChI=1S/C21H18F3N3O2S/c1-12-17(18(28)26-16-10-6-14(7-11-16)20(29)27(2)3)30-19(25-12)13-4-8-15(9-5-13)21(22,23)24/h4-11H,1-3H3,(H,26,28). The highest BCUT2D eigenvalue weighted by atomic mass is 32.1. The van der Waals surface area contributed by atoms with E-state index in [4.69, 9.17) is 0 Å². The van der Waals surface area contributed by atoms with E-state index in [1.165, 1.54) is 17.0 Å². The largest absolute Gasteiger partial charge is 0.416 e. The predicted octanol–water partition coefficient (Wildman–Crippen LogP) is 5.09. The maximum Gasteiger partial charge on any atom is 0.416 e. The van der Waals surface area contributed by atoms with Crippen LogP contribution in [0.5, 0.6) is 0 Å². The van der Waals surface area contributed by atoms with Crippen molar-refractivity contribution < 1.29 is 22.8 Å². The summed E-state index contributed by atoms with van der Waals surface area (Å²) >= 11 is 1.10. The van der Waals surface area contributed by atoms with Crippen molar-refractivity contribution in [2.75, 3.05) is 19.4 Å². The van der Waals surface area contributed by atoms with E-state index >= 15 is 0 Å². The molecule has 3 rings (SSSR count). The van der Waals surface area contributed by atoms with Crippen molar-refractivity contribution in [2.24, 2.45) is 0 Å². The lowest BCUT2D eigenvalue weighted by Gasteiger charge is -2.10. The van der Waals surface area contributed by atoms with E-state index in [2.05, 4.69) is 10.3 Å². The molecule has 0 aliphatic rings. The Morgan fingerprint density at radius 2 is 1.60 bits per heavy atom. The van der Waals surface area contributed by atoms with Gasteiger partial charge in [0.15, 0.2) is 0 Å². The summed E-state index contributed by atoms with van der Waals surface area (Å²) in [5.74, 6) is -0.526. The van der Waals surface area contributed by atoms with Crippen molar-refractivity contribution in [3.63, 3.8) is 0 Å². The van der Waals surface area contributed by atoms with Gasteiger partial charge in [-0.25, -0.2) is 4.98 Å². The SMILES string of the molecule is Cc1nc(-c2ccc(C(F)(F)F)cc2)sc1C(=O)Nc1ccc(C(=O)N(C)C)cc1.